The molecule has 0 aliphatic carbocycles. The fraction of sp³-hybridized carbons (Fsp3) is 0. The zero-order valence-corrected chi connectivity index (χ0v) is 8.21. The van der Waals surface area contributed by atoms with Crippen molar-refractivity contribution in [2.24, 2.45) is 0 Å². The third-order valence-electron chi connectivity index (χ3n) is 1.56. The molecule has 1 aromatic carbocycles. The quantitative estimate of drug-likeness (QED) is 0.783. The van der Waals surface area contributed by atoms with Crippen LogP contribution in [-0.4, -0.2) is 16.2 Å². The fourth-order valence-electron chi connectivity index (χ4n) is 0.868. The predicted octanol–water partition coefficient (Wildman–Crippen LogP) is 2.25. The van der Waals surface area contributed by atoms with Crippen LogP contribution in [-0.2, 0) is 4.79 Å². The van der Waals surface area contributed by atoms with Crippen molar-refractivity contribution in [1.29, 1.82) is 0 Å². The van der Waals surface area contributed by atoms with E-state index in [-0.39, 0.29) is 11.3 Å². The third kappa shape index (κ3) is 1.89. The highest BCUT2D eigenvalue weighted by Crippen LogP contribution is 2.31. The van der Waals surface area contributed by atoms with Crippen molar-refractivity contribution in [2.45, 2.75) is 0 Å². The Kier molecular flexibility index (Phi) is 2.72. The van der Waals surface area contributed by atoms with Crippen molar-refractivity contribution in [3.8, 4) is 5.75 Å². The molecule has 0 bridgehead atoms. The molecule has 0 aliphatic heterocycles. The van der Waals surface area contributed by atoms with Gasteiger partial charge in [-0.3, -0.25) is 0 Å². The molecule has 2 N–H and O–H groups in total. The van der Waals surface area contributed by atoms with Crippen LogP contribution in [0.15, 0.2) is 29.3 Å². The van der Waals surface area contributed by atoms with Crippen molar-refractivity contribution in [3.63, 3.8) is 0 Å². The van der Waals surface area contributed by atoms with E-state index in [1.54, 1.807) is 12.1 Å². The van der Waals surface area contributed by atoms with E-state index in [1.807, 2.05) is 0 Å². The normalized spacial score (nSPS) is 9.62. The van der Waals surface area contributed by atoms with Gasteiger partial charge in [-0.25, -0.2) is 4.79 Å². The smallest absolute Gasteiger partial charge is 0.335 e. The van der Waals surface area contributed by atoms with E-state index < -0.39 is 5.97 Å². The predicted molar refractivity (Wildman–Crippen MR) is 52.5 cm³/mol. The zero-order valence-electron chi connectivity index (χ0n) is 6.62. The Morgan fingerprint density at radius 2 is 2.08 bits per heavy atom. The second kappa shape index (κ2) is 3.62. The summed E-state index contributed by atoms with van der Waals surface area (Å²) < 4.78 is 0.349. The van der Waals surface area contributed by atoms with Gasteiger partial charge in [0.05, 0.1) is 10.0 Å². The molecule has 0 radical (unpaired) electrons. The summed E-state index contributed by atoms with van der Waals surface area (Å²) >= 11 is 3.07. The van der Waals surface area contributed by atoms with E-state index in [1.165, 1.54) is 6.07 Å². The van der Waals surface area contributed by atoms with Crippen LogP contribution in [0.5, 0.6) is 5.75 Å². The van der Waals surface area contributed by atoms with Gasteiger partial charge >= 0.3 is 5.97 Å². The largest absolute Gasteiger partial charge is 0.507 e. The van der Waals surface area contributed by atoms with Gasteiger partial charge in [0.25, 0.3) is 0 Å². The molecule has 0 atom stereocenters. The first-order valence-electron chi connectivity index (χ1n) is 3.44. The molecular formula is C9H7BrO3. The summed E-state index contributed by atoms with van der Waals surface area (Å²) in [5, 5.41) is 17.9. The van der Waals surface area contributed by atoms with Crippen molar-refractivity contribution < 1.29 is 15.0 Å². The highest BCUT2D eigenvalue weighted by Gasteiger charge is 2.12. The number of benzene rings is 1. The lowest BCUT2D eigenvalue weighted by molar-refractivity contribution is -0.130. The Hall–Kier alpha value is -1.29. The Bertz CT molecular complexity index is 371. The molecule has 0 spiro atoms. The van der Waals surface area contributed by atoms with Crippen molar-refractivity contribution >= 4 is 27.5 Å². The van der Waals surface area contributed by atoms with Gasteiger partial charge in [0, 0.05) is 5.56 Å². The molecule has 68 valence electrons. The number of aliphatic carboxylic acids is 1. The molecule has 1 aromatic rings. The summed E-state index contributed by atoms with van der Waals surface area (Å²) in [6.45, 7) is 3.39. The molecule has 0 fully saturated rings. The fourth-order valence-corrected chi connectivity index (χ4v) is 1.37. The number of hydrogen-bond donors (Lipinski definition) is 2. The first kappa shape index (κ1) is 9.80. The summed E-state index contributed by atoms with van der Waals surface area (Å²) in [6.07, 6.45) is 0. The van der Waals surface area contributed by atoms with Crippen LogP contribution in [0, 0.1) is 0 Å². The van der Waals surface area contributed by atoms with E-state index in [4.69, 9.17) is 5.11 Å². The molecule has 1 rings (SSSR count). The standard InChI is InChI=1S/C9H7BrO3/c1-5(9(12)13)6-3-2-4-7(11)8(6)10/h2-4,11H,1H2,(H,12,13). The van der Waals surface area contributed by atoms with Gasteiger partial charge in [-0.1, -0.05) is 18.7 Å². The molecule has 3 nitrogen and oxygen atoms in total. The maximum absolute atomic E-state index is 10.6. The van der Waals surface area contributed by atoms with Crippen LogP contribution in [0.1, 0.15) is 5.56 Å². The molecule has 0 heterocycles. The lowest BCUT2D eigenvalue weighted by Gasteiger charge is -2.04. The number of phenols is 1. The van der Waals surface area contributed by atoms with E-state index >= 15 is 0 Å². The van der Waals surface area contributed by atoms with Crippen LogP contribution < -0.4 is 0 Å². The monoisotopic (exact) mass is 242 g/mol. The summed E-state index contributed by atoms with van der Waals surface area (Å²) in [5.41, 5.74) is 0.329. The summed E-state index contributed by atoms with van der Waals surface area (Å²) in [5.74, 6) is -1.11. The van der Waals surface area contributed by atoms with Crippen molar-refractivity contribution in [3.05, 3.63) is 34.8 Å². The first-order valence-corrected chi connectivity index (χ1v) is 4.23. The molecule has 4 heteroatoms. The topological polar surface area (TPSA) is 57.5 Å². The second-order valence-electron chi connectivity index (χ2n) is 2.42. The number of carboxylic acid groups (broad SMARTS) is 1. The number of rotatable bonds is 2. The minimum absolute atomic E-state index is 0.0000926. The number of aromatic hydroxyl groups is 1. The molecule has 0 saturated carbocycles. The van der Waals surface area contributed by atoms with Gasteiger partial charge in [-0.15, -0.1) is 0 Å². The molecule has 0 saturated heterocycles. The number of phenolic OH excluding ortho intramolecular Hbond substituents is 1. The Labute approximate surface area is 83.5 Å². The van der Waals surface area contributed by atoms with Gasteiger partial charge in [-0.05, 0) is 22.0 Å². The molecule has 13 heavy (non-hydrogen) atoms. The lowest BCUT2D eigenvalue weighted by atomic mass is 10.1. The highest BCUT2D eigenvalue weighted by molar-refractivity contribution is 9.10. The van der Waals surface area contributed by atoms with Gasteiger partial charge in [-0.2, -0.15) is 0 Å². The number of hydrogen-bond acceptors (Lipinski definition) is 2. The number of carboxylic acids is 1. The van der Waals surface area contributed by atoms with Crippen LogP contribution in [0.25, 0.3) is 5.57 Å². The molecule has 0 unspecified atom stereocenters. The maximum atomic E-state index is 10.6. The molecular weight excluding hydrogens is 236 g/mol. The SMILES string of the molecule is C=C(C(=O)O)c1cccc(O)c1Br. The van der Waals surface area contributed by atoms with Crippen LogP contribution in [0.3, 0.4) is 0 Å². The average molecular weight is 243 g/mol. The van der Waals surface area contributed by atoms with Crippen molar-refractivity contribution in [1.82, 2.24) is 0 Å². The van der Waals surface area contributed by atoms with E-state index in [0.29, 0.717) is 10.0 Å². The first-order chi connectivity index (χ1) is 6.04. The maximum Gasteiger partial charge on any atom is 0.335 e. The van der Waals surface area contributed by atoms with Crippen LogP contribution >= 0.6 is 15.9 Å². The minimum atomic E-state index is -1.11. The molecule has 0 amide bonds. The van der Waals surface area contributed by atoms with E-state index in [2.05, 4.69) is 22.5 Å². The summed E-state index contributed by atoms with van der Waals surface area (Å²) in [6, 6.07) is 4.59. The zero-order chi connectivity index (χ0) is 10.0. The second-order valence-corrected chi connectivity index (χ2v) is 3.22. The van der Waals surface area contributed by atoms with Crippen LogP contribution in [0.2, 0.25) is 0 Å². The number of halogens is 1. The third-order valence-corrected chi connectivity index (χ3v) is 2.40. The summed E-state index contributed by atoms with van der Waals surface area (Å²) in [7, 11) is 0. The summed E-state index contributed by atoms with van der Waals surface area (Å²) in [4.78, 5) is 10.6. The average Bonchev–Trinajstić information content (AvgIpc) is 2.08. The van der Waals surface area contributed by atoms with Crippen molar-refractivity contribution in [2.75, 3.05) is 0 Å². The van der Waals surface area contributed by atoms with Gasteiger partial charge in [0.15, 0.2) is 0 Å². The molecule has 0 aromatic heterocycles. The van der Waals surface area contributed by atoms with Gasteiger partial charge in [0.1, 0.15) is 5.75 Å². The molecule has 0 aliphatic rings. The van der Waals surface area contributed by atoms with E-state index in [0.717, 1.165) is 0 Å². The lowest BCUT2D eigenvalue weighted by Crippen LogP contribution is -1.98. The Morgan fingerprint density at radius 3 is 2.62 bits per heavy atom. The van der Waals surface area contributed by atoms with Gasteiger partial charge in [0.2, 0.25) is 0 Å². The van der Waals surface area contributed by atoms with Crippen LogP contribution in [0.4, 0.5) is 0 Å². The highest BCUT2D eigenvalue weighted by atomic mass is 79.9. The Morgan fingerprint density at radius 1 is 1.46 bits per heavy atom. The van der Waals surface area contributed by atoms with E-state index in [9.17, 15) is 9.90 Å². The van der Waals surface area contributed by atoms with Gasteiger partial charge < -0.3 is 10.2 Å². The number of carbonyl (C=O) groups is 1. The minimum Gasteiger partial charge on any atom is -0.507 e. The Balaban J connectivity index is 3.23.